The molecule has 1 N–H and O–H groups in total. The van der Waals surface area contributed by atoms with Gasteiger partial charge in [-0.05, 0) is 71.9 Å². The van der Waals surface area contributed by atoms with Crippen molar-refractivity contribution in [3.8, 4) is 0 Å². The van der Waals surface area contributed by atoms with Gasteiger partial charge in [-0.2, -0.15) is 0 Å². The predicted molar refractivity (Wildman–Crippen MR) is 86.8 cm³/mol. The molecule has 22 heavy (non-hydrogen) atoms. The fourth-order valence-corrected chi connectivity index (χ4v) is 3.39. The molecule has 0 aromatic heterocycles. The van der Waals surface area contributed by atoms with Crippen molar-refractivity contribution in [2.45, 2.75) is 64.6 Å². The first-order chi connectivity index (χ1) is 10.3. The van der Waals surface area contributed by atoms with Crippen LogP contribution >= 0.6 is 0 Å². The summed E-state index contributed by atoms with van der Waals surface area (Å²) in [5.41, 5.74) is -0.423. The maximum absolute atomic E-state index is 12.2. The topological polar surface area (TPSA) is 53.0 Å². The summed E-state index contributed by atoms with van der Waals surface area (Å²) < 4.78 is 5.48. The summed E-state index contributed by atoms with van der Waals surface area (Å²) in [6.45, 7) is 10.3. The number of piperidine rings is 2. The second-order valence-electron chi connectivity index (χ2n) is 7.82. The van der Waals surface area contributed by atoms with Crippen molar-refractivity contribution in [2.75, 3.05) is 32.7 Å². The molecule has 2 heterocycles. The van der Waals surface area contributed by atoms with Crippen molar-refractivity contribution in [3.63, 3.8) is 0 Å². The zero-order valence-corrected chi connectivity index (χ0v) is 14.4. The van der Waals surface area contributed by atoms with Gasteiger partial charge in [0.25, 0.3) is 0 Å². The number of carbonyl (C=O) groups is 1. The predicted octanol–water partition coefficient (Wildman–Crippen LogP) is 2.48. The second kappa shape index (κ2) is 7.64. The zero-order valence-electron chi connectivity index (χ0n) is 14.4. The highest BCUT2D eigenvalue weighted by Crippen LogP contribution is 2.22. The molecule has 0 aromatic carbocycles. The van der Waals surface area contributed by atoms with E-state index in [0.717, 1.165) is 58.4 Å². The molecule has 2 saturated heterocycles. The number of nitrogens with zero attached hydrogens (tertiary/aromatic N) is 2. The van der Waals surface area contributed by atoms with Crippen molar-refractivity contribution in [2.24, 2.45) is 5.92 Å². The molecule has 0 bridgehead atoms. The third-order valence-corrected chi connectivity index (χ3v) is 4.50. The second-order valence-corrected chi connectivity index (χ2v) is 7.82. The van der Waals surface area contributed by atoms with Gasteiger partial charge in [-0.3, -0.25) is 0 Å². The van der Waals surface area contributed by atoms with Gasteiger partial charge in [-0.25, -0.2) is 4.79 Å². The average Bonchev–Trinajstić information content (AvgIpc) is 2.44. The largest absolute Gasteiger partial charge is 0.444 e. The molecule has 0 spiro atoms. The van der Waals surface area contributed by atoms with Crippen LogP contribution in [0.3, 0.4) is 0 Å². The number of aliphatic hydroxyl groups excluding tert-OH is 1. The number of carbonyl (C=O) groups excluding carboxylic acids is 1. The Bertz CT molecular complexity index is 367. The summed E-state index contributed by atoms with van der Waals surface area (Å²) in [6.07, 6.45) is 5.06. The zero-order chi connectivity index (χ0) is 16.2. The van der Waals surface area contributed by atoms with Gasteiger partial charge in [0, 0.05) is 19.6 Å². The lowest BCUT2D eigenvalue weighted by atomic mass is 9.94. The first-order valence-electron chi connectivity index (χ1n) is 8.72. The van der Waals surface area contributed by atoms with Crippen LogP contribution in [-0.4, -0.2) is 65.4 Å². The van der Waals surface area contributed by atoms with Crippen molar-refractivity contribution in [1.29, 1.82) is 0 Å². The van der Waals surface area contributed by atoms with Gasteiger partial charge in [-0.15, -0.1) is 0 Å². The Labute approximate surface area is 134 Å². The highest BCUT2D eigenvalue weighted by Gasteiger charge is 2.28. The summed E-state index contributed by atoms with van der Waals surface area (Å²) in [5.74, 6) is 0.556. The van der Waals surface area contributed by atoms with Crippen LogP contribution in [-0.2, 0) is 4.74 Å². The minimum absolute atomic E-state index is 0.154. The summed E-state index contributed by atoms with van der Waals surface area (Å²) in [6, 6.07) is 0. The van der Waals surface area contributed by atoms with Crippen molar-refractivity contribution >= 4 is 6.09 Å². The maximum atomic E-state index is 12.2. The molecule has 0 aliphatic carbocycles. The van der Waals surface area contributed by atoms with Gasteiger partial charge in [0.05, 0.1) is 6.10 Å². The Morgan fingerprint density at radius 3 is 2.59 bits per heavy atom. The molecule has 0 aromatic rings. The van der Waals surface area contributed by atoms with E-state index in [1.807, 2.05) is 25.7 Å². The Hall–Kier alpha value is -0.810. The highest BCUT2D eigenvalue weighted by atomic mass is 16.6. The molecule has 5 heteroatoms. The number of β-amino-alcohol motifs (C(OH)–C–C–N with tert-alkyl or cyclic N) is 1. The Morgan fingerprint density at radius 1 is 1.18 bits per heavy atom. The van der Waals surface area contributed by atoms with E-state index in [-0.39, 0.29) is 12.2 Å². The van der Waals surface area contributed by atoms with Crippen molar-refractivity contribution in [1.82, 2.24) is 9.80 Å². The fourth-order valence-electron chi connectivity index (χ4n) is 3.39. The van der Waals surface area contributed by atoms with E-state index in [9.17, 15) is 9.90 Å². The van der Waals surface area contributed by atoms with E-state index in [1.165, 1.54) is 6.42 Å². The third-order valence-electron chi connectivity index (χ3n) is 4.50. The number of likely N-dealkylation sites (tertiary alicyclic amines) is 2. The van der Waals surface area contributed by atoms with Crippen LogP contribution in [0.5, 0.6) is 0 Å². The Balaban J connectivity index is 1.74. The summed E-state index contributed by atoms with van der Waals surface area (Å²) in [5, 5.41) is 9.73. The number of ether oxygens (including phenoxy) is 1. The minimum Gasteiger partial charge on any atom is -0.444 e. The minimum atomic E-state index is -0.423. The van der Waals surface area contributed by atoms with Crippen LogP contribution in [0, 0.1) is 5.92 Å². The molecule has 128 valence electrons. The van der Waals surface area contributed by atoms with E-state index in [4.69, 9.17) is 4.74 Å². The van der Waals surface area contributed by atoms with Gasteiger partial charge in [0.1, 0.15) is 5.60 Å². The van der Waals surface area contributed by atoms with E-state index in [1.54, 1.807) is 0 Å². The SMILES string of the molecule is CC(C)(C)OC(=O)N1CCCC(CCN2CCCC(O)C2)C1. The Morgan fingerprint density at radius 2 is 1.91 bits per heavy atom. The summed E-state index contributed by atoms with van der Waals surface area (Å²) in [4.78, 5) is 16.4. The van der Waals surface area contributed by atoms with E-state index in [2.05, 4.69) is 4.90 Å². The maximum Gasteiger partial charge on any atom is 0.410 e. The monoisotopic (exact) mass is 312 g/mol. The van der Waals surface area contributed by atoms with Crippen LogP contribution in [0.1, 0.15) is 52.9 Å². The van der Waals surface area contributed by atoms with Crippen LogP contribution in [0.25, 0.3) is 0 Å². The van der Waals surface area contributed by atoms with Gasteiger partial charge in [0.2, 0.25) is 0 Å². The average molecular weight is 312 g/mol. The standard InChI is InChI=1S/C17H32N2O3/c1-17(2,3)22-16(21)19-10-4-6-14(12-19)8-11-18-9-5-7-15(20)13-18/h14-15,20H,4-13H2,1-3H3. The van der Waals surface area contributed by atoms with Gasteiger partial charge in [0.15, 0.2) is 0 Å². The van der Waals surface area contributed by atoms with E-state index >= 15 is 0 Å². The normalized spacial score (nSPS) is 27.7. The lowest BCUT2D eigenvalue weighted by molar-refractivity contribution is 0.0148. The van der Waals surface area contributed by atoms with Crippen molar-refractivity contribution < 1.29 is 14.6 Å². The van der Waals surface area contributed by atoms with Crippen LogP contribution in [0.4, 0.5) is 4.79 Å². The number of hydrogen-bond acceptors (Lipinski definition) is 4. The molecule has 2 unspecified atom stereocenters. The molecule has 0 radical (unpaired) electrons. The van der Waals surface area contributed by atoms with Gasteiger partial charge in [-0.1, -0.05) is 0 Å². The van der Waals surface area contributed by atoms with Gasteiger partial charge >= 0.3 is 6.09 Å². The first-order valence-corrected chi connectivity index (χ1v) is 8.72. The molecular formula is C17H32N2O3. The number of amides is 1. The molecule has 2 rings (SSSR count). The van der Waals surface area contributed by atoms with E-state index < -0.39 is 5.60 Å². The fraction of sp³-hybridized carbons (Fsp3) is 0.941. The molecule has 5 nitrogen and oxygen atoms in total. The van der Waals surface area contributed by atoms with Crippen molar-refractivity contribution in [3.05, 3.63) is 0 Å². The third kappa shape index (κ3) is 5.76. The van der Waals surface area contributed by atoms with Crippen LogP contribution in [0.2, 0.25) is 0 Å². The summed E-state index contributed by atoms with van der Waals surface area (Å²) >= 11 is 0. The van der Waals surface area contributed by atoms with Crippen LogP contribution in [0.15, 0.2) is 0 Å². The molecule has 2 atom stereocenters. The summed E-state index contributed by atoms with van der Waals surface area (Å²) in [7, 11) is 0. The molecule has 2 aliphatic heterocycles. The first kappa shape index (κ1) is 17.5. The van der Waals surface area contributed by atoms with Gasteiger partial charge < -0.3 is 19.6 Å². The molecule has 1 amide bonds. The van der Waals surface area contributed by atoms with E-state index in [0.29, 0.717) is 5.92 Å². The molecule has 2 aliphatic rings. The lowest BCUT2D eigenvalue weighted by Gasteiger charge is -2.36. The number of rotatable bonds is 3. The lowest BCUT2D eigenvalue weighted by Crippen LogP contribution is -2.44. The quantitative estimate of drug-likeness (QED) is 0.870. The molecular weight excluding hydrogens is 280 g/mol. The smallest absolute Gasteiger partial charge is 0.410 e. The Kier molecular flexibility index (Phi) is 6.09. The molecule has 2 fully saturated rings. The highest BCUT2D eigenvalue weighted by molar-refractivity contribution is 5.68. The van der Waals surface area contributed by atoms with Crippen LogP contribution < -0.4 is 0 Å². The number of aliphatic hydroxyl groups is 1. The molecule has 0 saturated carbocycles. The number of hydrogen-bond donors (Lipinski definition) is 1.